The van der Waals surface area contributed by atoms with Crippen molar-refractivity contribution in [2.45, 2.75) is 26.4 Å². The first kappa shape index (κ1) is 23.6. The molecule has 0 bridgehead atoms. The predicted octanol–water partition coefficient (Wildman–Crippen LogP) is 2.85. The summed E-state index contributed by atoms with van der Waals surface area (Å²) in [5.41, 5.74) is 2.36. The molecule has 0 aliphatic carbocycles. The maximum Gasteiger partial charge on any atom is 0.213 e. The summed E-state index contributed by atoms with van der Waals surface area (Å²) in [7, 11) is 3.44. The van der Waals surface area contributed by atoms with Crippen LogP contribution in [0.5, 0.6) is 5.88 Å². The van der Waals surface area contributed by atoms with Gasteiger partial charge in [-0.2, -0.15) is 0 Å². The van der Waals surface area contributed by atoms with Crippen LogP contribution in [0.25, 0.3) is 0 Å². The van der Waals surface area contributed by atoms with Crippen LogP contribution in [0.15, 0.2) is 53.7 Å². The van der Waals surface area contributed by atoms with Crippen molar-refractivity contribution in [3.05, 3.63) is 59.8 Å². The lowest BCUT2D eigenvalue weighted by molar-refractivity contribution is 0.143. The molecule has 1 aromatic carbocycles. The summed E-state index contributed by atoms with van der Waals surface area (Å²) < 4.78 is 10.5. The van der Waals surface area contributed by atoms with Gasteiger partial charge in [0.05, 0.1) is 12.6 Å². The number of benzene rings is 1. The number of likely N-dealkylation sites (N-methyl/N-ethyl adjacent to an activating group) is 1. The Labute approximate surface area is 180 Å². The Balaban J connectivity index is 1.89. The molecule has 7 nitrogen and oxygen atoms in total. The smallest absolute Gasteiger partial charge is 0.213 e. The van der Waals surface area contributed by atoms with Gasteiger partial charge in [-0.1, -0.05) is 50.2 Å². The summed E-state index contributed by atoms with van der Waals surface area (Å²) in [5, 5.41) is 6.83. The average molecular weight is 414 g/mol. The highest BCUT2D eigenvalue weighted by Crippen LogP contribution is 2.19. The van der Waals surface area contributed by atoms with Crippen LogP contribution in [0, 0.1) is 0 Å². The molecule has 1 atom stereocenters. The largest absolute Gasteiger partial charge is 0.475 e. The van der Waals surface area contributed by atoms with Gasteiger partial charge in [-0.3, -0.25) is 9.89 Å². The minimum absolute atomic E-state index is 0.282. The fraction of sp³-hybridized carbons (Fsp3) is 0.478. The highest BCUT2D eigenvalue weighted by Gasteiger charge is 2.18. The number of aliphatic imine (C=N–C) groups is 1. The third-order valence-corrected chi connectivity index (χ3v) is 4.92. The molecule has 2 rings (SSSR count). The zero-order valence-corrected chi connectivity index (χ0v) is 18.6. The number of methoxy groups -OCH3 is 1. The molecule has 0 saturated carbocycles. The second kappa shape index (κ2) is 13.6. The highest BCUT2D eigenvalue weighted by atomic mass is 16.5. The van der Waals surface area contributed by atoms with Crippen molar-refractivity contribution in [1.29, 1.82) is 0 Å². The molecule has 0 fully saturated rings. The number of nitrogens with zero attached hydrogens (tertiary/aromatic N) is 3. The summed E-state index contributed by atoms with van der Waals surface area (Å²) in [6.45, 7) is 8.83. The molecule has 1 unspecified atom stereocenters. The Morgan fingerprint density at radius 3 is 2.43 bits per heavy atom. The van der Waals surface area contributed by atoms with Crippen molar-refractivity contribution in [1.82, 2.24) is 20.5 Å². The Morgan fingerprint density at radius 2 is 1.83 bits per heavy atom. The fourth-order valence-electron chi connectivity index (χ4n) is 3.23. The number of rotatable bonds is 12. The first-order valence-corrected chi connectivity index (χ1v) is 10.5. The van der Waals surface area contributed by atoms with Crippen LogP contribution in [-0.2, 0) is 11.3 Å². The number of ether oxygens (including phenoxy) is 2. The van der Waals surface area contributed by atoms with Gasteiger partial charge in [-0.25, -0.2) is 4.98 Å². The van der Waals surface area contributed by atoms with Crippen molar-refractivity contribution >= 4 is 5.96 Å². The number of aromatic nitrogens is 1. The quantitative estimate of drug-likeness (QED) is 0.317. The standard InChI is InChI=1S/C23H35N5O2/c1-5-28(6-2)21(20-10-8-7-9-11-20)18-27-23(24-3)26-17-19-12-13-22(25-16-19)30-15-14-29-4/h7-13,16,21H,5-6,14-15,17-18H2,1-4H3,(H2,24,26,27). The monoisotopic (exact) mass is 413 g/mol. The molecule has 0 aliphatic heterocycles. The van der Waals surface area contributed by atoms with E-state index in [4.69, 9.17) is 9.47 Å². The first-order valence-electron chi connectivity index (χ1n) is 10.5. The minimum atomic E-state index is 0.282. The zero-order chi connectivity index (χ0) is 21.6. The van der Waals surface area contributed by atoms with Gasteiger partial charge in [0.25, 0.3) is 0 Å². The van der Waals surface area contributed by atoms with E-state index in [1.54, 1.807) is 14.2 Å². The molecular weight excluding hydrogens is 378 g/mol. The SMILES string of the molecule is CCN(CC)C(CNC(=NC)NCc1ccc(OCCOC)nc1)c1ccccc1. The average Bonchev–Trinajstić information content (AvgIpc) is 2.80. The van der Waals surface area contributed by atoms with Gasteiger partial charge in [-0.15, -0.1) is 0 Å². The first-order chi connectivity index (χ1) is 14.7. The van der Waals surface area contributed by atoms with E-state index in [1.165, 1.54) is 5.56 Å². The van der Waals surface area contributed by atoms with Crippen molar-refractivity contribution in [2.24, 2.45) is 4.99 Å². The molecule has 30 heavy (non-hydrogen) atoms. The van der Waals surface area contributed by atoms with E-state index >= 15 is 0 Å². The second-order valence-corrected chi connectivity index (χ2v) is 6.80. The summed E-state index contributed by atoms with van der Waals surface area (Å²) in [5.74, 6) is 1.37. The Bertz CT molecular complexity index is 733. The van der Waals surface area contributed by atoms with Crippen molar-refractivity contribution in [2.75, 3.05) is 47.0 Å². The molecule has 0 amide bonds. The lowest BCUT2D eigenvalue weighted by Crippen LogP contribution is -2.43. The van der Waals surface area contributed by atoms with Crippen LogP contribution < -0.4 is 15.4 Å². The number of hydrogen-bond donors (Lipinski definition) is 2. The molecule has 2 aromatic rings. The molecule has 0 aliphatic rings. The molecular formula is C23H35N5O2. The zero-order valence-electron chi connectivity index (χ0n) is 18.6. The fourth-order valence-corrected chi connectivity index (χ4v) is 3.23. The van der Waals surface area contributed by atoms with Crippen LogP contribution in [0.2, 0.25) is 0 Å². The Morgan fingerprint density at radius 1 is 1.07 bits per heavy atom. The van der Waals surface area contributed by atoms with E-state index in [0.717, 1.165) is 31.2 Å². The molecule has 7 heteroatoms. The van der Waals surface area contributed by atoms with Gasteiger partial charge in [0, 0.05) is 39.5 Å². The van der Waals surface area contributed by atoms with E-state index in [9.17, 15) is 0 Å². The predicted molar refractivity (Wildman–Crippen MR) is 122 cm³/mol. The summed E-state index contributed by atoms with van der Waals surface area (Å²) in [6.07, 6.45) is 1.81. The summed E-state index contributed by atoms with van der Waals surface area (Å²) >= 11 is 0. The number of guanidine groups is 1. The highest BCUT2D eigenvalue weighted by molar-refractivity contribution is 5.79. The topological polar surface area (TPSA) is 71.0 Å². The van der Waals surface area contributed by atoms with E-state index in [0.29, 0.717) is 25.6 Å². The second-order valence-electron chi connectivity index (χ2n) is 6.80. The van der Waals surface area contributed by atoms with Gasteiger partial charge >= 0.3 is 0 Å². The number of nitrogens with one attached hydrogen (secondary N) is 2. The van der Waals surface area contributed by atoms with Crippen molar-refractivity contribution < 1.29 is 9.47 Å². The molecule has 1 aromatic heterocycles. The van der Waals surface area contributed by atoms with E-state index in [-0.39, 0.29) is 6.04 Å². The van der Waals surface area contributed by atoms with Crippen molar-refractivity contribution in [3.8, 4) is 5.88 Å². The molecule has 0 saturated heterocycles. The molecule has 164 valence electrons. The van der Waals surface area contributed by atoms with Gasteiger partial charge in [0.1, 0.15) is 6.61 Å². The maximum atomic E-state index is 5.50. The molecule has 0 radical (unpaired) electrons. The molecule has 2 N–H and O–H groups in total. The third-order valence-electron chi connectivity index (χ3n) is 4.92. The maximum absolute atomic E-state index is 5.50. The van der Waals surface area contributed by atoms with Gasteiger partial charge in [0.15, 0.2) is 5.96 Å². The lowest BCUT2D eigenvalue weighted by atomic mass is 10.1. The van der Waals surface area contributed by atoms with Crippen LogP contribution in [0.3, 0.4) is 0 Å². The minimum Gasteiger partial charge on any atom is -0.475 e. The van der Waals surface area contributed by atoms with Gasteiger partial charge < -0.3 is 20.1 Å². The van der Waals surface area contributed by atoms with Crippen LogP contribution in [0.4, 0.5) is 0 Å². The normalized spacial score (nSPS) is 12.6. The third kappa shape index (κ3) is 7.65. The van der Waals surface area contributed by atoms with Crippen LogP contribution in [-0.4, -0.2) is 62.8 Å². The van der Waals surface area contributed by atoms with E-state index in [2.05, 4.69) is 69.7 Å². The van der Waals surface area contributed by atoms with Gasteiger partial charge in [0.2, 0.25) is 5.88 Å². The van der Waals surface area contributed by atoms with Crippen LogP contribution >= 0.6 is 0 Å². The van der Waals surface area contributed by atoms with Crippen molar-refractivity contribution in [3.63, 3.8) is 0 Å². The van der Waals surface area contributed by atoms with E-state index < -0.39 is 0 Å². The number of pyridine rings is 1. The molecule has 1 heterocycles. The summed E-state index contributed by atoms with van der Waals surface area (Å²) in [6, 6.07) is 14.8. The lowest BCUT2D eigenvalue weighted by Gasteiger charge is -2.30. The number of hydrogen-bond acceptors (Lipinski definition) is 5. The van der Waals surface area contributed by atoms with Gasteiger partial charge in [-0.05, 0) is 24.2 Å². The van der Waals surface area contributed by atoms with Crippen LogP contribution in [0.1, 0.15) is 31.0 Å². The Kier molecular flexibility index (Phi) is 10.7. The molecule has 0 spiro atoms. The van der Waals surface area contributed by atoms with E-state index in [1.807, 2.05) is 18.3 Å². The Hall–Kier alpha value is -2.64. The summed E-state index contributed by atoms with van der Waals surface area (Å²) in [4.78, 5) is 11.1.